The molecule has 6 nitrogen and oxygen atoms in total. The first kappa shape index (κ1) is 16.9. The number of carbonyl (C=O) groups excluding carboxylic acids is 1. The Balaban J connectivity index is 1.51. The summed E-state index contributed by atoms with van der Waals surface area (Å²) in [6, 6.07) is 7.61. The van der Waals surface area contributed by atoms with Crippen molar-refractivity contribution in [2.45, 2.75) is 23.1 Å². The van der Waals surface area contributed by atoms with E-state index in [4.69, 9.17) is 4.74 Å². The van der Waals surface area contributed by atoms with Gasteiger partial charge in [-0.2, -0.15) is 0 Å². The molecule has 124 valence electrons. The van der Waals surface area contributed by atoms with Crippen LogP contribution < -0.4 is 10.1 Å². The van der Waals surface area contributed by atoms with Crippen LogP contribution in [0.2, 0.25) is 0 Å². The van der Waals surface area contributed by atoms with Crippen LogP contribution in [-0.4, -0.2) is 27.2 Å². The Morgan fingerprint density at radius 2 is 2.29 bits per heavy atom. The van der Waals surface area contributed by atoms with Crippen LogP contribution >= 0.6 is 34.4 Å². The number of anilines is 1. The van der Waals surface area contributed by atoms with E-state index < -0.39 is 6.10 Å². The van der Waals surface area contributed by atoms with Crippen LogP contribution in [0.1, 0.15) is 11.8 Å². The van der Waals surface area contributed by atoms with Gasteiger partial charge < -0.3 is 4.74 Å². The van der Waals surface area contributed by atoms with Gasteiger partial charge in [0.15, 0.2) is 10.4 Å². The van der Waals surface area contributed by atoms with Crippen LogP contribution in [-0.2, 0) is 10.5 Å². The quantitative estimate of drug-likeness (QED) is 0.499. The maximum Gasteiger partial charge on any atom is 0.266 e. The van der Waals surface area contributed by atoms with Gasteiger partial charge in [0, 0.05) is 16.8 Å². The highest BCUT2D eigenvalue weighted by Crippen LogP contribution is 2.29. The summed E-state index contributed by atoms with van der Waals surface area (Å²) in [6.07, 6.45) is 2.56. The first-order valence-electron chi connectivity index (χ1n) is 7.07. The van der Waals surface area contributed by atoms with Crippen molar-refractivity contribution < 1.29 is 9.53 Å². The maximum atomic E-state index is 12.1. The second-order valence-corrected chi connectivity index (χ2v) is 7.91. The van der Waals surface area contributed by atoms with Crippen LogP contribution in [0.15, 0.2) is 46.4 Å². The Hall–Kier alpha value is -1.97. The van der Waals surface area contributed by atoms with E-state index in [9.17, 15) is 4.79 Å². The summed E-state index contributed by atoms with van der Waals surface area (Å²) in [5.74, 6) is 1.12. The van der Waals surface area contributed by atoms with E-state index in [2.05, 4.69) is 26.6 Å². The molecule has 0 spiro atoms. The monoisotopic (exact) mass is 378 g/mol. The van der Waals surface area contributed by atoms with Crippen molar-refractivity contribution in [3.8, 4) is 5.75 Å². The minimum absolute atomic E-state index is 0.273. The molecule has 0 fully saturated rings. The molecule has 1 unspecified atom stereocenters. The molecule has 24 heavy (non-hydrogen) atoms. The van der Waals surface area contributed by atoms with Crippen LogP contribution in [0.3, 0.4) is 0 Å². The number of rotatable bonds is 7. The first-order chi connectivity index (χ1) is 11.7. The lowest BCUT2D eigenvalue weighted by Gasteiger charge is -2.12. The molecule has 1 N–H and O–H groups in total. The van der Waals surface area contributed by atoms with Gasteiger partial charge in [0.2, 0.25) is 5.13 Å². The highest BCUT2D eigenvalue weighted by Gasteiger charge is 2.17. The zero-order valence-corrected chi connectivity index (χ0v) is 15.2. The lowest BCUT2D eigenvalue weighted by molar-refractivity contribution is -0.122. The summed E-state index contributed by atoms with van der Waals surface area (Å²) >= 11 is 4.66. The van der Waals surface area contributed by atoms with Gasteiger partial charge in [0.1, 0.15) is 5.75 Å². The van der Waals surface area contributed by atoms with Gasteiger partial charge in [-0.3, -0.25) is 15.1 Å². The number of aromatic nitrogens is 3. The Labute approximate surface area is 151 Å². The highest BCUT2D eigenvalue weighted by molar-refractivity contribution is 8.00. The van der Waals surface area contributed by atoms with Gasteiger partial charge in [0.25, 0.3) is 5.91 Å². The third-order valence-corrected chi connectivity index (χ3v) is 5.95. The molecule has 1 atom stereocenters. The number of pyridine rings is 1. The number of carbonyl (C=O) groups is 1. The summed E-state index contributed by atoms with van der Waals surface area (Å²) < 4.78 is 6.35. The van der Waals surface area contributed by atoms with Gasteiger partial charge in [-0.05, 0) is 30.5 Å². The molecule has 0 aliphatic rings. The molecule has 3 aromatic heterocycles. The molecule has 3 rings (SSSR count). The van der Waals surface area contributed by atoms with Gasteiger partial charge in [-0.1, -0.05) is 29.2 Å². The van der Waals surface area contributed by atoms with Crippen molar-refractivity contribution in [2.24, 2.45) is 0 Å². The molecule has 1 amide bonds. The van der Waals surface area contributed by atoms with Gasteiger partial charge in [-0.25, -0.2) is 0 Å². The molecule has 0 bridgehead atoms. The van der Waals surface area contributed by atoms with Crippen LogP contribution in [0, 0.1) is 0 Å². The number of thioether (sulfide) groups is 1. The van der Waals surface area contributed by atoms with E-state index >= 15 is 0 Å². The van der Waals surface area contributed by atoms with Gasteiger partial charge >= 0.3 is 0 Å². The maximum absolute atomic E-state index is 12.1. The average Bonchev–Trinajstić information content (AvgIpc) is 3.25. The van der Waals surface area contributed by atoms with Crippen molar-refractivity contribution >= 4 is 45.5 Å². The summed E-state index contributed by atoms with van der Waals surface area (Å²) in [6.45, 7) is 1.68. The lowest BCUT2D eigenvalue weighted by Crippen LogP contribution is -2.30. The number of nitrogens with one attached hydrogen (secondary N) is 1. The Morgan fingerprint density at radius 1 is 1.38 bits per heavy atom. The van der Waals surface area contributed by atoms with E-state index in [0.29, 0.717) is 10.9 Å². The second-order valence-electron chi connectivity index (χ2n) is 4.68. The van der Waals surface area contributed by atoms with E-state index in [-0.39, 0.29) is 5.91 Å². The highest BCUT2D eigenvalue weighted by atomic mass is 32.2. The predicted molar refractivity (Wildman–Crippen MR) is 96.7 cm³/mol. The van der Waals surface area contributed by atoms with Gasteiger partial charge in [-0.15, -0.1) is 21.5 Å². The van der Waals surface area contributed by atoms with E-state index in [1.807, 2.05) is 11.4 Å². The van der Waals surface area contributed by atoms with Crippen molar-refractivity contribution in [2.75, 3.05) is 5.32 Å². The number of hydrogen-bond acceptors (Lipinski definition) is 8. The normalized spacial score (nSPS) is 11.9. The van der Waals surface area contributed by atoms with Crippen molar-refractivity contribution in [1.29, 1.82) is 0 Å². The number of hydrogen-bond donors (Lipinski definition) is 1. The summed E-state index contributed by atoms with van der Waals surface area (Å²) in [5, 5.41) is 13.3. The van der Waals surface area contributed by atoms with E-state index in [1.165, 1.54) is 16.2 Å². The number of ether oxygens (including phenoxy) is 1. The van der Waals surface area contributed by atoms with E-state index in [1.54, 1.807) is 54.5 Å². The van der Waals surface area contributed by atoms with Crippen LogP contribution in [0.4, 0.5) is 5.13 Å². The minimum Gasteiger partial charge on any atom is -0.479 e. The number of nitrogens with zero attached hydrogens (tertiary/aromatic N) is 3. The average molecular weight is 379 g/mol. The molecule has 0 saturated carbocycles. The topological polar surface area (TPSA) is 77.0 Å². The molecule has 0 aromatic carbocycles. The third-order valence-electron chi connectivity index (χ3n) is 2.87. The standard InChI is InChI=1S/C15H14N4O2S3/c1-10(21-11-4-2-6-16-8-11)13(20)17-14-18-19-15(24-14)23-9-12-5-3-7-22-12/h2-8,10H,9H2,1H3,(H,17,18,20). The molecule has 0 aliphatic carbocycles. The van der Waals surface area contributed by atoms with Crippen molar-refractivity contribution in [1.82, 2.24) is 15.2 Å². The Kier molecular flexibility index (Phi) is 5.78. The Bertz CT molecular complexity index is 777. The fraction of sp³-hybridized carbons (Fsp3) is 0.200. The predicted octanol–water partition coefficient (Wildman–Crippen LogP) is 3.69. The molecule has 0 saturated heterocycles. The number of amides is 1. The molecule has 3 aromatic rings. The lowest BCUT2D eigenvalue weighted by atomic mass is 10.3. The molecule has 0 radical (unpaired) electrons. The van der Waals surface area contributed by atoms with Crippen LogP contribution in [0.5, 0.6) is 5.75 Å². The molecule has 3 heterocycles. The van der Waals surface area contributed by atoms with Crippen molar-refractivity contribution in [3.05, 3.63) is 46.9 Å². The fourth-order valence-electron chi connectivity index (χ4n) is 1.73. The third kappa shape index (κ3) is 4.76. The van der Waals surface area contributed by atoms with E-state index in [0.717, 1.165) is 10.1 Å². The summed E-state index contributed by atoms with van der Waals surface area (Å²) in [5.41, 5.74) is 0. The number of thiophene rings is 1. The second kappa shape index (κ2) is 8.22. The van der Waals surface area contributed by atoms with Crippen LogP contribution in [0.25, 0.3) is 0 Å². The van der Waals surface area contributed by atoms with Crippen molar-refractivity contribution in [3.63, 3.8) is 0 Å². The molecular formula is C15H14N4O2S3. The molecular weight excluding hydrogens is 364 g/mol. The zero-order valence-electron chi connectivity index (χ0n) is 12.7. The SMILES string of the molecule is CC(Oc1cccnc1)C(=O)Nc1nnc(SCc2cccs2)s1. The largest absolute Gasteiger partial charge is 0.479 e. The summed E-state index contributed by atoms with van der Waals surface area (Å²) in [7, 11) is 0. The smallest absolute Gasteiger partial charge is 0.266 e. The minimum atomic E-state index is -0.652. The summed E-state index contributed by atoms with van der Waals surface area (Å²) in [4.78, 5) is 17.4. The zero-order chi connectivity index (χ0) is 16.8. The van der Waals surface area contributed by atoms with Gasteiger partial charge in [0.05, 0.1) is 6.20 Å². The first-order valence-corrected chi connectivity index (χ1v) is 9.75. The Morgan fingerprint density at radius 3 is 3.04 bits per heavy atom. The fourth-order valence-corrected chi connectivity index (χ4v) is 4.26. The molecule has 9 heteroatoms. The molecule has 0 aliphatic heterocycles.